The van der Waals surface area contributed by atoms with Gasteiger partial charge in [-0.05, 0) is 44.0 Å². The molecule has 94 valence electrons. The van der Waals surface area contributed by atoms with E-state index >= 15 is 0 Å². The van der Waals surface area contributed by atoms with Crippen LogP contribution in [0.5, 0.6) is 5.75 Å². The van der Waals surface area contributed by atoms with Crippen LogP contribution in [-0.4, -0.2) is 17.1 Å². The lowest BCUT2D eigenvalue weighted by Crippen LogP contribution is -2.00. The maximum Gasteiger partial charge on any atom is 0.230 e. The molecular weight excluding hydrogens is 364 g/mol. The van der Waals surface area contributed by atoms with Crippen molar-refractivity contribution in [2.75, 3.05) is 18.2 Å². The molecule has 0 saturated heterocycles. The molecule has 0 saturated carbocycles. The Balaban J connectivity index is 2.28. The number of methoxy groups -OCH3 is 1. The highest BCUT2D eigenvalue weighted by molar-refractivity contribution is 9.10. The summed E-state index contributed by atoms with van der Waals surface area (Å²) < 4.78 is 6.72. The van der Waals surface area contributed by atoms with Gasteiger partial charge in [-0.25, -0.2) is 4.98 Å². The fourth-order valence-electron chi connectivity index (χ4n) is 1.36. The van der Waals surface area contributed by atoms with Crippen molar-refractivity contribution in [1.82, 2.24) is 9.97 Å². The Labute approximate surface area is 121 Å². The van der Waals surface area contributed by atoms with Crippen LogP contribution >= 0.6 is 31.9 Å². The van der Waals surface area contributed by atoms with Crippen LogP contribution in [0.1, 0.15) is 0 Å². The first kappa shape index (κ1) is 13.1. The summed E-state index contributed by atoms with van der Waals surface area (Å²) in [4.78, 5) is 8.25. The minimum absolute atomic E-state index is 0.392. The van der Waals surface area contributed by atoms with Crippen LogP contribution in [0.4, 0.5) is 17.5 Å². The number of rotatable bonds is 3. The van der Waals surface area contributed by atoms with Gasteiger partial charge in [0, 0.05) is 17.8 Å². The second kappa shape index (κ2) is 5.53. The van der Waals surface area contributed by atoms with Crippen molar-refractivity contribution >= 4 is 49.3 Å². The summed E-state index contributed by atoms with van der Waals surface area (Å²) in [6.07, 6.45) is 0. The summed E-state index contributed by atoms with van der Waals surface area (Å²) in [5, 5.41) is 3.05. The van der Waals surface area contributed by atoms with Crippen LogP contribution in [0.15, 0.2) is 33.3 Å². The lowest BCUT2D eigenvalue weighted by Gasteiger charge is -2.08. The molecule has 0 bridgehead atoms. The van der Waals surface area contributed by atoms with Crippen molar-refractivity contribution in [2.24, 2.45) is 0 Å². The summed E-state index contributed by atoms with van der Waals surface area (Å²) >= 11 is 6.65. The molecule has 1 aromatic carbocycles. The van der Waals surface area contributed by atoms with E-state index in [9.17, 15) is 0 Å². The van der Waals surface area contributed by atoms with E-state index in [4.69, 9.17) is 10.5 Å². The fourth-order valence-corrected chi connectivity index (χ4v) is 2.17. The monoisotopic (exact) mass is 372 g/mol. The van der Waals surface area contributed by atoms with Crippen molar-refractivity contribution in [3.05, 3.63) is 33.3 Å². The third-order valence-electron chi connectivity index (χ3n) is 2.12. The molecule has 0 spiro atoms. The molecule has 5 nitrogen and oxygen atoms in total. The number of benzene rings is 1. The van der Waals surface area contributed by atoms with Crippen LogP contribution in [-0.2, 0) is 0 Å². The summed E-state index contributed by atoms with van der Waals surface area (Å²) in [5.74, 6) is 1.54. The van der Waals surface area contributed by atoms with Gasteiger partial charge in [-0.2, -0.15) is 4.98 Å². The van der Waals surface area contributed by atoms with Gasteiger partial charge in [0.15, 0.2) is 0 Å². The Morgan fingerprint density at radius 1 is 1.22 bits per heavy atom. The van der Waals surface area contributed by atoms with E-state index in [2.05, 4.69) is 47.1 Å². The van der Waals surface area contributed by atoms with Crippen LogP contribution in [0.3, 0.4) is 0 Å². The average molecular weight is 374 g/mol. The number of nitrogens with two attached hydrogens (primary N) is 1. The summed E-state index contributed by atoms with van der Waals surface area (Å²) in [7, 11) is 1.61. The summed E-state index contributed by atoms with van der Waals surface area (Å²) in [6.45, 7) is 0. The normalized spacial score (nSPS) is 10.2. The minimum atomic E-state index is 0.392. The lowest BCUT2D eigenvalue weighted by atomic mass is 10.3. The van der Waals surface area contributed by atoms with Crippen molar-refractivity contribution in [3.63, 3.8) is 0 Å². The van der Waals surface area contributed by atoms with Crippen LogP contribution in [0, 0.1) is 0 Å². The minimum Gasteiger partial charge on any atom is -0.495 e. The van der Waals surface area contributed by atoms with Crippen molar-refractivity contribution in [1.29, 1.82) is 0 Å². The Kier molecular flexibility index (Phi) is 4.03. The molecule has 0 unspecified atom stereocenters. The first-order chi connectivity index (χ1) is 8.58. The van der Waals surface area contributed by atoms with Crippen molar-refractivity contribution in [2.45, 2.75) is 0 Å². The number of ether oxygens (including phenoxy) is 1. The number of nitrogen functional groups attached to an aromatic ring is 1. The molecule has 7 heteroatoms. The van der Waals surface area contributed by atoms with E-state index in [1.165, 1.54) is 0 Å². The van der Waals surface area contributed by atoms with Crippen molar-refractivity contribution in [3.8, 4) is 5.75 Å². The average Bonchev–Trinajstić information content (AvgIpc) is 2.30. The van der Waals surface area contributed by atoms with Gasteiger partial charge in [0.25, 0.3) is 0 Å². The predicted octanol–water partition coefficient (Wildman–Crippen LogP) is 3.34. The maximum atomic E-state index is 5.64. The zero-order chi connectivity index (χ0) is 13.1. The lowest BCUT2D eigenvalue weighted by molar-refractivity contribution is 0.412. The van der Waals surface area contributed by atoms with Crippen LogP contribution in [0.25, 0.3) is 0 Å². The molecule has 18 heavy (non-hydrogen) atoms. The third kappa shape index (κ3) is 3.11. The number of anilines is 3. The smallest absolute Gasteiger partial charge is 0.230 e. The molecule has 2 aromatic rings. The summed E-state index contributed by atoms with van der Waals surface area (Å²) in [5.41, 5.74) is 6.45. The fraction of sp³-hybridized carbons (Fsp3) is 0.0909. The quantitative estimate of drug-likeness (QED) is 0.807. The van der Waals surface area contributed by atoms with Gasteiger partial charge in [-0.3, -0.25) is 0 Å². The molecule has 0 aliphatic heterocycles. The number of hydrogen-bond donors (Lipinski definition) is 2. The van der Waals surface area contributed by atoms with Gasteiger partial charge in [-0.15, -0.1) is 0 Å². The molecule has 0 amide bonds. The zero-order valence-corrected chi connectivity index (χ0v) is 12.6. The number of nitrogens with one attached hydrogen (secondary N) is 1. The number of hydrogen-bond acceptors (Lipinski definition) is 5. The highest BCUT2D eigenvalue weighted by atomic mass is 79.9. The molecule has 0 aliphatic rings. The van der Waals surface area contributed by atoms with E-state index < -0.39 is 0 Å². The standard InChI is InChI=1S/C11H10Br2N4O/c1-18-8-4-6(2-3-7(8)12)15-11-16-9(13)5-10(14)17-11/h2-5H,1H3,(H3,14,15,16,17). The SMILES string of the molecule is COc1cc(Nc2nc(N)cc(Br)n2)ccc1Br. The summed E-state index contributed by atoms with van der Waals surface area (Å²) in [6, 6.07) is 7.23. The Morgan fingerprint density at radius 3 is 2.67 bits per heavy atom. The Bertz CT molecular complexity index is 557. The number of nitrogens with zero attached hydrogens (tertiary/aromatic N) is 2. The predicted molar refractivity (Wildman–Crippen MR) is 78.1 cm³/mol. The largest absolute Gasteiger partial charge is 0.495 e. The Morgan fingerprint density at radius 2 is 2.00 bits per heavy atom. The topological polar surface area (TPSA) is 73.1 Å². The number of aromatic nitrogens is 2. The third-order valence-corrected chi connectivity index (χ3v) is 3.18. The van der Waals surface area contributed by atoms with Gasteiger partial charge < -0.3 is 15.8 Å². The molecule has 0 radical (unpaired) electrons. The second-order valence-corrected chi connectivity index (χ2v) is 5.08. The van der Waals surface area contributed by atoms with E-state index in [1.54, 1.807) is 13.2 Å². The van der Waals surface area contributed by atoms with Crippen LogP contribution in [0.2, 0.25) is 0 Å². The molecule has 3 N–H and O–H groups in total. The highest BCUT2D eigenvalue weighted by Crippen LogP contribution is 2.29. The van der Waals surface area contributed by atoms with Gasteiger partial charge >= 0.3 is 0 Å². The number of halogens is 2. The zero-order valence-electron chi connectivity index (χ0n) is 9.45. The van der Waals surface area contributed by atoms with E-state index in [0.29, 0.717) is 16.4 Å². The van der Waals surface area contributed by atoms with Gasteiger partial charge in [0.1, 0.15) is 16.2 Å². The van der Waals surface area contributed by atoms with Gasteiger partial charge in [-0.1, -0.05) is 0 Å². The van der Waals surface area contributed by atoms with E-state index in [1.807, 2.05) is 18.2 Å². The highest BCUT2D eigenvalue weighted by Gasteiger charge is 2.04. The van der Waals surface area contributed by atoms with E-state index in [-0.39, 0.29) is 0 Å². The molecular formula is C11H10Br2N4O. The van der Waals surface area contributed by atoms with Gasteiger partial charge in [0.05, 0.1) is 11.6 Å². The van der Waals surface area contributed by atoms with Gasteiger partial charge in [0.2, 0.25) is 5.95 Å². The first-order valence-electron chi connectivity index (χ1n) is 4.99. The maximum absolute atomic E-state index is 5.64. The molecule has 0 aliphatic carbocycles. The molecule has 0 fully saturated rings. The molecule has 1 heterocycles. The Hall–Kier alpha value is -1.34. The second-order valence-electron chi connectivity index (χ2n) is 3.41. The van der Waals surface area contributed by atoms with Crippen LogP contribution < -0.4 is 15.8 Å². The molecule has 1 aromatic heterocycles. The molecule has 2 rings (SSSR count). The molecule has 0 atom stereocenters. The van der Waals surface area contributed by atoms with Crippen molar-refractivity contribution < 1.29 is 4.74 Å². The van der Waals surface area contributed by atoms with E-state index in [0.717, 1.165) is 15.9 Å². The first-order valence-corrected chi connectivity index (χ1v) is 6.57.